The third kappa shape index (κ3) is 2.63. The van der Waals surface area contributed by atoms with Crippen molar-refractivity contribution in [2.24, 2.45) is 0 Å². The van der Waals surface area contributed by atoms with Gasteiger partial charge in [-0.1, -0.05) is 12.1 Å². The van der Waals surface area contributed by atoms with Crippen molar-refractivity contribution >= 4 is 17.6 Å². The van der Waals surface area contributed by atoms with Crippen LogP contribution in [0, 0.1) is 0 Å². The molecule has 0 aromatic heterocycles. The lowest BCUT2D eigenvalue weighted by Crippen LogP contribution is -2.17. The summed E-state index contributed by atoms with van der Waals surface area (Å²) in [5, 5.41) is 8.50. The molecule has 1 atom stereocenters. The number of halogens is 1. The Morgan fingerprint density at radius 3 is 2.69 bits per heavy atom. The van der Waals surface area contributed by atoms with E-state index >= 15 is 0 Å². The molecule has 0 saturated carbocycles. The average Bonchev–Trinajstić information content (AvgIpc) is 2.08. The predicted octanol–water partition coefficient (Wildman–Crippen LogP) is 1.92. The van der Waals surface area contributed by atoms with Crippen molar-refractivity contribution in [3.05, 3.63) is 24.3 Å². The van der Waals surface area contributed by atoms with Crippen LogP contribution in [0.5, 0.6) is 11.5 Å². The molecule has 4 heteroatoms. The number of carbonyl (C=O) groups excluding carboxylic acids is 1. The number of carbonyl (C=O) groups is 1. The molecule has 0 aliphatic heterocycles. The zero-order chi connectivity index (χ0) is 9.84. The lowest BCUT2D eigenvalue weighted by molar-refractivity contribution is -0.133. The molecular weight excluding hydrogens is 192 g/mol. The van der Waals surface area contributed by atoms with Gasteiger partial charge in [-0.15, -0.1) is 11.6 Å². The van der Waals surface area contributed by atoms with Crippen molar-refractivity contribution in [1.29, 1.82) is 0 Å². The number of aromatic hydroxyl groups is 1. The Bertz CT molecular complexity index is 309. The average molecular weight is 201 g/mol. The predicted molar refractivity (Wildman–Crippen MR) is 49.1 cm³/mol. The minimum Gasteiger partial charge on any atom is -0.504 e. The van der Waals surface area contributed by atoms with Crippen LogP contribution in [0.3, 0.4) is 0 Å². The molecule has 0 saturated heterocycles. The summed E-state index contributed by atoms with van der Waals surface area (Å²) in [4.78, 5) is 11.0. The van der Waals surface area contributed by atoms with Crippen molar-refractivity contribution in [3.8, 4) is 11.5 Å². The SMILES string of the molecule is CC(Cl)C(=O)Oc1ccccc1O. The highest BCUT2D eigenvalue weighted by Crippen LogP contribution is 2.24. The van der Waals surface area contributed by atoms with E-state index in [0.717, 1.165) is 0 Å². The quantitative estimate of drug-likeness (QED) is 0.451. The molecule has 0 bridgehead atoms. The molecule has 13 heavy (non-hydrogen) atoms. The van der Waals surface area contributed by atoms with Gasteiger partial charge in [0.1, 0.15) is 5.38 Å². The van der Waals surface area contributed by atoms with Crippen LogP contribution < -0.4 is 4.74 Å². The molecule has 0 spiro atoms. The highest BCUT2D eigenvalue weighted by atomic mass is 35.5. The molecule has 0 aliphatic rings. The third-order valence-electron chi connectivity index (χ3n) is 1.40. The van der Waals surface area contributed by atoms with Gasteiger partial charge >= 0.3 is 5.97 Å². The topological polar surface area (TPSA) is 46.5 Å². The zero-order valence-electron chi connectivity index (χ0n) is 7.03. The van der Waals surface area contributed by atoms with Crippen molar-refractivity contribution in [1.82, 2.24) is 0 Å². The summed E-state index contributed by atoms with van der Waals surface area (Å²) in [6.07, 6.45) is 0. The van der Waals surface area contributed by atoms with Crippen LogP contribution in [0.25, 0.3) is 0 Å². The van der Waals surface area contributed by atoms with E-state index in [0.29, 0.717) is 0 Å². The maximum Gasteiger partial charge on any atom is 0.329 e. The van der Waals surface area contributed by atoms with E-state index in [9.17, 15) is 9.90 Å². The van der Waals surface area contributed by atoms with E-state index in [1.807, 2.05) is 0 Å². The molecule has 1 aromatic carbocycles. The number of esters is 1. The van der Waals surface area contributed by atoms with Gasteiger partial charge in [0, 0.05) is 0 Å². The summed E-state index contributed by atoms with van der Waals surface area (Å²) in [6, 6.07) is 6.21. The maximum absolute atomic E-state index is 11.0. The van der Waals surface area contributed by atoms with Gasteiger partial charge in [0.05, 0.1) is 0 Å². The Kier molecular flexibility index (Phi) is 3.14. The number of rotatable bonds is 2. The van der Waals surface area contributed by atoms with Crippen LogP contribution >= 0.6 is 11.6 Å². The normalized spacial score (nSPS) is 12.2. The van der Waals surface area contributed by atoms with Gasteiger partial charge < -0.3 is 9.84 Å². The number of alkyl halides is 1. The smallest absolute Gasteiger partial charge is 0.329 e. The minimum atomic E-state index is -0.723. The van der Waals surface area contributed by atoms with Crippen molar-refractivity contribution < 1.29 is 14.6 Å². The van der Waals surface area contributed by atoms with Gasteiger partial charge in [-0.05, 0) is 19.1 Å². The standard InChI is InChI=1S/C9H9ClO3/c1-6(10)9(12)13-8-5-3-2-4-7(8)11/h2-6,11H,1H3. The van der Waals surface area contributed by atoms with E-state index in [2.05, 4.69) is 0 Å². The fraction of sp³-hybridized carbons (Fsp3) is 0.222. The Hall–Kier alpha value is -1.22. The van der Waals surface area contributed by atoms with Crippen LogP contribution in [-0.4, -0.2) is 16.5 Å². The van der Waals surface area contributed by atoms with E-state index in [4.69, 9.17) is 16.3 Å². The molecule has 0 heterocycles. The Morgan fingerprint density at radius 2 is 2.15 bits per heavy atom. The second-order valence-corrected chi connectivity index (χ2v) is 3.16. The van der Waals surface area contributed by atoms with Gasteiger partial charge in [0.2, 0.25) is 0 Å². The van der Waals surface area contributed by atoms with Gasteiger partial charge in [-0.25, -0.2) is 0 Å². The molecule has 1 aromatic rings. The Morgan fingerprint density at radius 1 is 1.54 bits per heavy atom. The van der Waals surface area contributed by atoms with E-state index < -0.39 is 11.3 Å². The number of benzene rings is 1. The molecule has 0 aliphatic carbocycles. The Labute approximate surface area is 80.9 Å². The van der Waals surface area contributed by atoms with E-state index in [-0.39, 0.29) is 11.5 Å². The van der Waals surface area contributed by atoms with Crippen LogP contribution in [0.4, 0.5) is 0 Å². The second kappa shape index (κ2) is 4.14. The molecule has 0 radical (unpaired) electrons. The number of hydrogen-bond donors (Lipinski definition) is 1. The van der Waals surface area contributed by atoms with Crippen molar-refractivity contribution in [2.45, 2.75) is 12.3 Å². The van der Waals surface area contributed by atoms with E-state index in [1.165, 1.54) is 19.1 Å². The van der Waals surface area contributed by atoms with Crippen LogP contribution in [0.2, 0.25) is 0 Å². The van der Waals surface area contributed by atoms with Crippen molar-refractivity contribution in [2.75, 3.05) is 0 Å². The first kappa shape index (κ1) is 9.86. The molecule has 1 rings (SSSR count). The number of para-hydroxylation sites is 2. The fourth-order valence-electron chi connectivity index (χ4n) is 0.733. The Balaban J connectivity index is 2.75. The van der Waals surface area contributed by atoms with Crippen molar-refractivity contribution in [3.63, 3.8) is 0 Å². The number of phenolic OH excluding ortho intramolecular Hbond substituents is 1. The number of phenols is 1. The lowest BCUT2D eigenvalue weighted by atomic mass is 10.3. The van der Waals surface area contributed by atoms with Crippen LogP contribution in [-0.2, 0) is 4.79 Å². The third-order valence-corrected chi connectivity index (χ3v) is 1.58. The molecule has 0 amide bonds. The summed E-state index contributed by atoms with van der Waals surface area (Å²) in [6.45, 7) is 1.50. The van der Waals surface area contributed by atoms with E-state index in [1.54, 1.807) is 12.1 Å². The second-order valence-electron chi connectivity index (χ2n) is 2.50. The van der Waals surface area contributed by atoms with Crippen LogP contribution in [0.15, 0.2) is 24.3 Å². The van der Waals surface area contributed by atoms with Gasteiger partial charge in [0.15, 0.2) is 11.5 Å². The zero-order valence-corrected chi connectivity index (χ0v) is 7.78. The first-order valence-corrected chi connectivity index (χ1v) is 4.18. The fourth-order valence-corrected chi connectivity index (χ4v) is 0.778. The molecule has 1 N–H and O–H groups in total. The summed E-state index contributed by atoms with van der Waals surface area (Å²) in [5.41, 5.74) is 0. The maximum atomic E-state index is 11.0. The highest BCUT2D eigenvalue weighted by Gasteiger charge is 2.13. The largest absolute Gasteiger partial charge is 0.504 e. The first-order chi connectivity index (χ1) is 6.11. The van der Waals surface area contributed by atoms with Crippen LogP contribution in [0.1, 0.15) is 6.92 Å². The molecule has 1 unspecified atom stereocenters. The van der Waals surface area contributed by atoms with Gasteiger partial charge in [-0.2, -0.15) is 0 Å². The minimum absolute atomic E-state index is 0.0758. The monoisotopic (exact) mass is 200 g/mol. The number of ether oxygens (including phenoxy) is 1. The molecule has 0 fully saturated rings. The lowest BCUT2D eigenvalue weighted by Gasteiger charge is -2.06. The van der Waals surface area contributed by atoms with Gasteiger partial charge in [0.25, 0.3) is 0 Å². The summed E-state index contributed by atoms with van der Waals surface area (Å²) >= 11 is 5.47. The summed E-state index contributed by atoms with van der Waals surface area (Å²) in [5.74, 6) is -0.531. The highest BCUT2D eigenvalue weighted by molar-refractivity contribution is 6.29. The molecule has 70 valence electrons. The summed E-state index contributed by atoms with van der Waals surface area (Å²) in [7, 11) is 0. The van der Waals surface area contributed by atoms with Gasteiger partial charge in [-0.3, -0.25) is 4.79 Å². The summed E-state index contributed by atoms with van der Waals surface area (Å²) < 4.78 is 4.79. The molecule has 3 nitrogen and oxygen atoms in total. The number of hydrogen-bond acceptors (Lipinski definition) is 3. The molecular formula is C9H9ClO3. The first-order valence-electron chi connectivity index (χ1n) is 3.75.